The third kappa shape index (κ3) is 2.29. The van der Waals surface area contributed by atoms with Crippen LogP contribution in [0.3, 0.4) is 0 Å². The molecule has 1 aliphatic rings. The Balaban J connectivity index is 2.63. The molecule has 0 saturated carbocycles. The highest BCUT2D eigenvalue weighted by Gasteiger charge is 2.27. The maximum Gasteiger partial charge on any atom is 0.225 e. The largest absolute Gasteiger partial charge is 0.333 e. The van der Waals surface area contributed by atoms with Crippen molar-refractivity contribution in [3.05, 3.63) is 0 Å². The third-order valence-electron chi connectivity index (χ3n) is 2.48. The standard InChI is InChI=1S/C10H17NO2/c1-8(2)10(13)11-6-4-3-5-9(11)7-12/h7-9H,3-6H2,1-2H3. The molecule has 0 spiro atoms. The van der Waals surface area contributed by atoms with Crippen LogP contribution in [-0.2, 0) is 9.59 Å². The minimum absolute atomic E-state index is 0.000509. The summed E-state index contributed by atoms with van der Waals surface area (Å²) in [5.41, 5.74) is 0. The molecule has 74 valence electrons. The lowest BCUT2D eigenvalue weighted by atomic mass is 10.0. The molecule has 0 bridgehead atoms. The first-order valence-corrected chi connectivity index (χ1v) is 4.92. The Bertz CT molecular complexity index is 201. The van der Waals surface area contributed by atoms with E-state index in [9.17, 15) is 9.59 Å². The number of hydrogen-bond donors (Lipinski definition) is 0. The predicted octanol–water partition coefficient (Wildman–Crippen LogP) is 1.22. The second kappa shape index (κ2) is 4.40. The van der Waals surface area contributed by atoms with Crippen molar-refractivity contribution in [3.63, 3.8) is 0 Å². The lowest BCUT2D eigenvalue weighted by molar-refractivity contribution is -0.140. The van der Waals surface area contributed by atoms with Gasteiger partial charge in [-0.2, -0.15) is 0 Å². The van der Waals surface area contributed by atoms with Crippen molar-refractivity contribution in [1.82, 2.24) is 4.90 Å². The summed E-state index contributed by atoms with van der Waals surface area (Å²) in [5.74, 6) is 0.109. The van der Waals surface area contributed by atoms with Crippen LogP contribution >= 0.6 is 0 Å². The molecule has 0 aromatic heterocycles. The van der Waals surface area contributed by atoms with Crippen LogP contribution in [0.15, 0.2) is 0 Å². The highest BCUT2D eigenvalue weighted by Crippen LogP contribution is 2.17. The van der Waals surface area contributed by atoms with Crippen molar-refractivity contribution < 1.29 is 9.59 Å². The molecule has 0 N–H and O–H groups in total. The van der Waals surface area contributed by atoms with Crippen LogP contribution in [0.1, 0.15) is 33.1 Å². The van der Waals surface area contributed by atoms with E-state index in [1.165, 1.54) is 0 Å². The molecule has 1 amide bonds. The molecule has 1 rings (SSSR count). The zero-order valence-corrected chi connectivity index (χ0v) is 8.32. The number of nitrogens with zero attached hydrogens (tertiary/aromatic N) is 1. The Morgan fingerprint density at radius 1 is 1.46 bits per heavy atom. The molecule has 1 atom stereocenters. The average molecular weight is 183 g/mol. The molecule has 0 aromatic rings. The number of likely N-dealkylation sites (tertiary alicyclic amines) is 1. The first-order valence-electron chi connectivity index (χ1n) is 4.92. The van der Waals surface area contributed by atoms with Crippen molar-refractivity contribution >= 4 is 12.2 Å². The van der Waals surface area contributed by atoms with Crippen molar-refractivity contribution in [2.45, 2.75) is 39.2 Å². The first-order chi connectivity index (χ1) is 6.16. The van der Waals surface area contributed by atoms with E-state index < -0.39 is 0 Å². The number of carbonyl (C=O) groups excluding carboxylic acids is 2. The van der Waals surface area contributed by atoms with Gasteiger partial charge in [0.05, 0.1) is 6.04 Å². The van der Waals surface area contributed by atoms with E-state index in [2.05, 4.69) is 0 Å². The zero-order valence-electron chi connectivity index (χ0n) is 8.32. The summed E-state index contributed by atoms with van der Waals surface area (Å²) < 4.78 is 0. The van der Waals surface area contributed by atoms with E-state index in [0.717, 1.165) is 32.1 Å². The van der Waals surface area contributed by atoms with Gasteiger partial charge in [0.2, 0.25) is 5.91 Å². The zero-order chi connectivity index (χ0) is 9.84. The highest BCUT2D eigenvalue weighted by molar-refractivity contribution is 5.81. The van der Waals surface area contributed by atoms with E-state index >= 15 is 0 Å². The van der Waals surface area contributed by atoms with Gasteiger partial charge in [0.15, 0.2) is 0 Å². The fourth-order valence-electron chi connectivity index (χ4n) is 1.70. The number of piperidine rings is 1. The molecule has 1 saturated heterocycles. The molecule has 0 aliphatic carbocycles. The van der Waals surface area contributed by atoms with Gasteiger partial charge >= 0.3 is 0 Å². The quantitative estimate of drug-likeness (QED) is 0.604. The van der Waals surface area contributed by atoms with E-state index in [4.69, 9.17) is 0 Å². The third-order valence-corrected chi connectivity index (χ3v) is 2.48. The van der Waals surface area contributed by atoms with E-state index in [-0.39, 0.29) is 17.9 Å². The Kier molecular flexibility index (Phi) is 3.46. The molecule has 13 heavy (non-hydrogen) atoms. The van der Waals surface area contributed by atoms with Gasteiger partial charge in [0.1, 0.15) is 6.29 Å². The van der Waals surface area contributed by atoms with Crippen LogP contribution in [0.4, 0.5) is 0 Å². The van der Waals surface area contributed by atoms with Crippen LogP contribution in [0, 0.1) is 5.92 Å². The molecule has 0 aromatic carbocycles. The predicted molar refractivity (Wildman–Crippen MR) is 50.3 cm³/mol. The van der Waals surface area contributed by atoms with Gasteiger partial charge in [-0.1, -0.05) is 13.8 Å². The fourth-order valence-corrected chi connectivity index (χ4v) is 1.70. The van der Waals surface area contributed by atoms with E-state index in [1.807, 2.05) is 13.8 Å². The fraction of sp³-hybridized carbons (Fsp3) is 0.800. The minimum Gasteiger partial charge on any atom is -0.333 e. The minimum atomic E-state index is -0.163. The smallest absolute Gasteiger partial charge is 0.225 e. The Morgan fingerprint density at radius 2 is 2.15 bits per heavy atom. The number of rotatable bonds is 2. The summed E-state index contributed by atoms with van der Waals surface area (Å²) in [6, 6.07) is -0.163. The summed E-state index contributed by atoms with van der Waals surface area (Å²) in [5, 5.41) is 0. The summed E-state index contributed by atoms with van der Waals surface area (Å²) >= 11 is 0. The number of hydrogen-bond acceptors (Lipinski definition) is 2. The molecule has 1 heterocycles. The van der Waals surface area contributed by atoms with Gasteiger partial charge in [0.25, 0.3) is 0 Å². The second-order valence-electron chi connectivity index (χ2n) is 3.89. The topological polar surface area (TPSA) is 37.4 Å². The molecule has 1 aliphatic heterocycles. The van der Waals surface area contributed by atoms with Gasteiger partial charge in [-0.3, -0.25) is 4.79 Å². The monoisotopic (exact) mass is 183 g/mol. The highest BCUT2D eigenvalue weighted by atomic mass is 16.2. The van der Waals surface area contributed by atoms with Crippen LogP contribution in [0.25, 0.3) is 0 Å². The number of amides is 1. The Labute approximate surface area is 79.1 Å². The van der Waals surface area contributed by atoms with Gasteiger partial charge in [-0.05, 0) is 19.3 Å². The maximum absolute atomic E-state index is 11.6. The van der Waals surface area contributed by atoms with Gasteiger partial charge in [-0.15, -0.1) is 0 Å². The van der Waals surface area contributed by atoms with Crippen molar-refractivity contribution in [1.29, 1.82) is 0 Å². The van der Waals surface area contributed by atoms with Gasteiger partial charge in [-0.25, -0.2) is 0 Å². The maximum atomic E-state index is 11.6. The van der Waals surface area contributed by atoms with Crippen LogP contribution in [-0.4, -0.2) is 29.7 Å². The molecule has 1 unspecified atom stereocenters. The molecular formula is C10H17NO2. The molecule has 3 heteroatoms. The summed E-state index contributed by atoms with van der Waals surface area (Å²) in [7, 11) is 0. The van der Waals surface area contributed by atoms with Crippen molar-refractivity contribution in [3.8, 4) is 0 Å². The van der Waals surface area contributed by atoms with E-state index in [0.29, 0.717) is 0 Å². The van der Waals surface area contributed by atoms with E-state index in [1.54, 1.807) is 4.90 Å². The molecule has 0 radical (unpaired) electrons. The van der Waals surface area contributed by atoms with Crippen LogP contribution < -0.4 is 0 Å². The lowest BCUT2D eigenvalue weighted by Gasteiger charge is -2.33. The van der Waals surface area contributed by atoms with Crippen molar-refractivity contribution in [2.75, 3.05) is 6.54 Å². The van der Waals surface area contributed by atoms with Crippen LogP contribution in [0.2, 0.25) is 0 Å². The van der Waals surface area contributed by atoms with Gasteiger partial charge in [0, 0.05) is 12.5 Å². The molecule has 1 fully saturated rings. The summed E-state index contributed by atoms with van der Waals surface area (Å²) in [4.78, 5) is 24.1. The second-order valence-corrected chi connectivity index (χ2v) is 3.89. The summed E-state index contributed by atoms with van der Waals surface area (Å²) in [6.45, 7) is 4.50. The van der Waals surface area contributed by atoms with Crippen LogP contribution in [0.5, 0.6) is 0 Å². The Hall–Kier alpha value is -0.860. The first kappa shape index (κ1) is 10.2. The Morgan fingerprint density at radius 3 is 2.69 bits per heavy atom. The normalized spacial score (nSPS) is 23.3. The molecular weight excluding hydrogens is 166 g/mol. The lowest BCUT2D eigenvalue weighted by Crippen LogP contribution is -2.46. The summed E-state index contributed by atoms with van der Waals surface area (Å²) in [6.07, 6.45) is 3.83. The number of carbonyl (C=O) groups is 2. The number of aldehydes is 1. The SMILES string of the molecule is CC(C)C(=O)N1CCCCC1C=O. The van der Waals surface area contributed by atoms with Gasteiger partial charge < -0.3 is 9.69 Å². The molecule has 3 nitrogen and oxygen atoms in total. The van der Waals surface area contributed by atoms with Crippen molar-refractivity contribution in [2.24, 2.45) is 5.92 Å². The average Bonchev–Trinajstić information content (AvgIpc) is 2.16.